The van der Waals surface area contributed by atoms with Crippen LogP contribution in [0, 0.1) is 0 Å². The first-order valence-corrected chi connectivity index (χ1v) is 22.6. The maximum atomic E-state index is 12.6. The van der Waals surface area contributed by atoms with Crippen LogP contribution in [0.4, 0.5) is 0 Å². The van der Waals surface area contributed by atoms with Crippen molar-refractivity contribution in [1.82, 2.24) is 0 Å². The molecule has 0 saturated carbocycles. The van der Waals surface area contributed by atoms with Gasteiger partial charge in [-0.2, -0.15) is 0 Å². The molecule has 11 heteroatoms. The molecule has 318 valence electrons. The van der Waals surface area contributed by atoms with Gasteiger partial charge in [0.05, 0.1) is 27.7 Å². The summed E-state index contributed by atoms with van der Waals surface area (Å²) >= 11 is 0. The number of aliphatic hydroxyl groups excluding tert-OH is 1. The van der Waals surface area contributed by atoms with Crippen molar-refractivity contribution in [3.05, 3.63) is 60.8 Å². The Hall–Kier alpha value is -2.33. The molecule has 2 N–H and O–H groups in total. The first kappa shape index (κ1) is 52.7. The summed E-state index contributed by atoms with van der Waals surface area (Å²) in [6.07, 6.45) is 41.4. The van der Waals surface area contributed by atoms with Crippen LogP contribution in [0.2, 0.25) is 0 Å². The Morgan fingerprint density at radius 3 is 1.64 bits per heavy atom. The number of rotatable bonds is 38. The monoisotopic (exact) mass is 797 g/mol. The smallest absolute Gasteiger partial charge is 0.462 e. The summed E-state index contributed by atoms with van der Waals surface area (Å²) in [6, 6.07) is 0. The number of hydrogen-bond donors (Lipinski definition) is 2. The summed E-state index contributed by atoms with van der Waals surface area (Å²) in [5, 5.41) is 8.80. The van der Waals surface area contributed by atoms with Crippen molar-refractivity contribution in [3.8, 4) is 0 Å². The number of ether oxygens (including phenoxy) is 2. The number of phosphoric acid groups is 1. The van der Waals surface area contributed by atoms with E-state index in [0.29, 0.717) is 30.3 Å². The molecule has 55 heavy (non-hydrogen) atoms. The molecular formula is C44H79NO9P+. The maximum Gasteiger partial charge on any atom is 0.472 e. The number of hydrogen-bond acceptors (Lipinski definition) is 8. The van der Waals surface area contributed by atoms with E-state index in [9.17, 15) is 19.0 Å². The molecule has 0 saturated heterocycles. The molecule has 10 nitrogen and oxygen atoms in total. The topological polar surface area (TPSA) is 129 Å². The van der Waals surface area contributed by atoms with E-state index in [2.05, 4.69) is 61.6 Å². The van der Waals surface area contributed by atoms with Crippen molar-refractivity contribution < 1.29 is 47.2 Å². The van der Waals surface area contributed by atoms with E-state index in [1.807, 2.05) is 27.2 Å². The number of esters is 2. The van der Waals surface area contributed by atoms with E-state index < -0.39 is 32.5 Å². The highest BCUT2D eigenvalue weighted by Crippen LogP contribution is 2.43. The van der Waals surface area contributed by atoms with Gasteiger partial charge in [0, 0.05) is 19.4 Å². The Bertz CT molecular complexity index is 1130. The Kier molecular flexibility index (Phi) is 35.7. The predicted molar refractivity (Wildman–Crippen MR) is 226 cm³/mol. The predicted octanol–water partition coefficient (Wildman–Crippen LogP) is 10.7. The molecule has 2 atom stereocenters. The van der Waals surface area contributed by atoms with Crippen molar-refractivity contribution >= 4 is 19.8 Å². The van der Waals surface area contributed by atoms with Crippen molar-refractivity contribution in [2.45, 2.75) is 154 Å². The number of carbonyl (C=O) groups is 2. The van der Waals surface area contributed by atoms with Crippen LogP contribution in [-0.4, -0.2) is 86.6 Å². The summed E-state index contributed by atoms with van der Waals surface area (Å²) in [4.78, 5) is 35.3. The third kappa shape index (κ3) is 41.1. The van der Waals surface area contributed by atoms with Crippen LogP contribution in [0.5, 0.6) is 0 Å². The van der Waals surface area contributed by atoms with Gasteiger partial charge in [-0.15, -0.1) is 0 Å². The summed E-state index contributed by atoms with van der Waals surface area (Å²) < 4.78 is 34.1. The number of aliphatic hydroxyl groups is 1. The molecule has 0 aliphatic carbocycles. The minimum atomic E-state index is -4.40. The lowest BCUT2D eigenvalue weighted by Crippen LogP contribution is -2.37. The van der Waals surface area contributed by atoms with Crippen molar-refractivity contribution in [1.29, 1.82) is 0 Å². The zero-order valence-electron chi connectivity index (χ0n) is 35.1. The lowest BCUT2D eigenvalue weighted by molar-refractivity contribution is -0.870. The third-order valence-corrected chi connectivity index (χ3v) is 9.56. The molecular weight excluding hydrogens is 717 g/mol. The van der Waals surface area contributed by atoms with Crippen LogP contribution in [0.1, 0.15) is 148 Å². The molecule has 0 aromatic heterocycles. The second-order valence-electron chi connectivity index (χ2n) is 15.1. The Labute approximate surface area is 335 Å². The summed E-state index contributed by atoms with van der Waals surface area (Å²) in [5.74, 6) is -0.894. The second kappa shape index (κ2) is 37.3. The highest BCUT2D eigenvalue weighted by atomic mass is 31.2. The fraction of sp³-hybridized carbons (Fsp3) is 0.727. The van der Waals surface area contributed by atoms with Gasteiger partial charge in [0.25, 0.3) is 0 Å². The van der Waals surface area contributed by atoms with Crippen LogP contribution in [-0.2, 0) is 32.7 Å². The Balaban J connectivity index is 4.50. The SMILES string of the molecule is CCCCCC/C=C\CCCCCCCC(=O)OC[C@H](COP(=O)(O)OCC[N+](C)(C)C)OC(=O)CCC/C=C\C/C=C\C/C=C\C/C=C\CCCCCO. The fourth-order valence-electron chi connectivity index (χ4n) is 5.21. The van der Waals surface area contributed by atoms with E-state index >= 15 is 0 Å². The van der Waals surface area contributed by atoms with E-state index in [-0.39, 0.29) is 32.7 Å². The fourth-order valence-corrected chi connectivity index (χ4v) is 5.96. The Morgan fingerprint density at radius 1 is 0.600 bits per heavy atom. The first-order valence-electron chi connectivity index (χ1n) is 21.1. The standard InChI is InChI=1S/C44H78NO9P/c1-5-6-7-8-9-10-11-17-20-23-26-29-32-35-43(47)51-40-42(41-53-55(49,50)52-39-37-45(2,3)4)54-44(48)36-33-30-27-24-21-18-15-13-12-14-16-19-22-25-28-31-34-38-46/h10-12,14-15,18-19,22,24,27,42,46H,5-9,13,16-17,20-21,23,25-26,28-41H2,1-4H3/p+1/b11-10-,14-12-,18-15-,22-19-,27-24-/t42-/m1/s1. The number of allylic oxidation sites excluding steroid dienone is 10. The van der Waals surface area contributed by atoms with Gasteiger partial charge >= 0.3 is 19.8 Å². The molecule has 0 aliphatic heterocycles. The van der Waals surface area contributed by atoms with Gasteiger partial charge < -0.3 is 24.0 Å². The zero-order valence-corrected chi connectivity index (χ0v) is 36.0. The molecule has 0 aliphatic rings. The largest absolute Gasteiger partial charge is 0.472 e. The minimum absolute atomic E-state index is 0.0128. The van der Waals surface area contributed by atoms with E-state index in [0.717, 1.165) is 77.0 Å². The molecule has 0 radical (unpaired) electrons. The highest BCUT2D eigenvalue weighted by molar-refractivity contribution is 7.47. The van der Waals surface area contributed by atoms with Gasteiger partial charge in [-0.05, 0) is 83.5 Å². The van der Waals surface area contributed by atoms with Gasteiger partial charge in [0.1, 0.15) is 19.8 Å². The van der Waals surface area contributed by atoms with E-state index in [1.54, 1.807) is 0 Å². The number of nitrogens with zero attached hydrogens (tertiary/aromatic N) is 1. The van der Waals surface area contributed by atoms with Crippen LogP contribution < -0.4 is 0 Å². The summed E-state index contributed by atoms with van der Waals surface area (Å²) in [5.41, 5.74) is 0. The van der Waals surface area contributed by atoms with Crippen LogP contribution in [0.25, 0.3) is 0 Å². The molecule has 0 rings (SSSR count). The average Bonchev–Trinajstić information content (AvgIpc) is 3.13. The van der Waals surface area contributed by atoms with E-state index in [1.165, 1.54) is 32.1 Å². The number of likely N-dealkylation sites (N-methyl/N-ethyl adjacent to an activating group) is 1. The quantitative estimate of drug-likeness (QED) is 0.0206. The second-order valence-corrected chi connectivity index (χ2v) is 16.5. The van der Waals surface area contributed by atoms with Gasteiger partial charge in [-0.1, -0.05) is 113 Å². The average molecular weight is 797 g/mol. The van der Waals surface area contributed by atoms with E-state index in [4.69, 9.17) is 23.6 Å². The van der Waals surface area contributed by atoms with Gasteiger partial charge in [0.2, 0.25) is 0 Å². The lowest BCUT2D eigenvalue weighted by Gasteiger charge is -2.24. The van der Waals surface area contributed by atoms with Gasteiger partial charge in [-0.3, -0.25) is 18.6 Å². The minimum Gasteiger partial charge on any atom is -0.462 e. The van der Waals surface area contributed by atoms with Crippen LogP contribution in [0.3, 0.4) is 0 Å². The van der Waals surface area contributed by atoms with Crippen LogP contribution >= 0.6 is 7.82 Å². The number of unbranched alkanes of at least 4 members (excludes halogenated alkanes) is 13. The van der Waals surface area contributed by atoms with Gasteiger partial charge in [0.15, 0.2) is 6.10 Å². The lowest BCUT2D eigenvalue weighted by atomic mass is 10.1. The van der Waals surface area contributed by atoms with Crippen LogP contribution in [0.15, 0.2) is 60.8 Å². The Morgan fingerprint density at radius 2 is 1.07 bits per heavy atom. The number of phosphoric ester groups is 1. The summed E-state index contributed by atoms with van der Waals surface area (Å²) in [7, 11) is 1.41. The molecule has 0 fully saturated rings. The van der Waals surface area contributed by atoms with Crippen molar-refractivity contribution in [2.24, 2.45) is 0 Å². The highest BCUT2D eigenvalue weighted by Gasteiger charge is 2.27. The van der Waals surface area contributed by atoms with Crippen molar-refractivity contribution in [2.75, 3.05) is 54.1 Å². The molecule has 1 unspecified atom stereocenters. The number of quaternary nitrogens is 1. The molecule has 0 heterocycles. The first-order chi connectivity index (χ1) is 26.5. The van der Waals surface area contributed by atoms with Crippen molar-refractivity contribution in [3.63, 3.8) is 0 Å². The normalized spacial score (nSPS) is 14.2. The molecule has 0 spiro atoms. The molecule has 0 amide bonds. The third-order valence-electron chi connectivity index (χ3n) is 8.57. The zero-order chi connectivity index (χ0) is 40.7. The van der Waals surface area contributed by atoms with Gasteiger partial charge in [-0.25, -0.2) is 4.57 Å². The number of carbonyl (C=O) groups excluding carboxylic acids is 2. The molecule has 0 bridgehead atoms. The maximum absolute atomic E-state index is 12.6. The summed E-state index contributed by atoms with van der Waals surface area (Å²) in [6.45, 7) is 2.31. The molecule has 0 aromatic carbocycles. The molecule has 0 aromatic rings.